The van der Waals surface area contributed by atoms with E-state index in [2.05, 4.69) is 21.2 Å². The minimum atomic E-state index is -1.01. The normalized spacial score (nSPS) is 10.6. The van der Waals surface area contributed by atoms with Gasteiger partial charge in [0.1, 0.15) is 6.54 Å². The van der Waals surface area contributed by atoms with Crippen LogP contribution in [0.4, 0.5) is 0 Å². The molecular formula is C11H15BrN2O3. The van der Waals surface area contributed by atoms with E-state index in [-0.39, 0.29) is 18.0 Å². The molecule has 0 aliphatic rings. The molecule has 1 aromatic heterocycles. The fourth-order valence-corrected chi connectivity index (χ4v) is 1.72. The second-order valence-electron chi connectivity index (χ2n) is 4.18. The second kappa shape index (κ2) is 5.86. The smallest absolute Gasteiger partial charge is 0.337 e. The molecule has 5 nitrogen and oxygen atoms in total. The molecule has 0 atom stereocenters. The van der Waals surface area contributed by atoms with E-state index in [9.17, 15) is 9.59 Å². The number of carboxylic acids is 1. The molecule has 1 heterocycles. The molecule has 1 aromatic rings. The van der Waals surface area contributed by atoms with Gasteiger partial charge in [-0.1, -0.05) is 13.8 Å². The highest BCUT2D eigenvalue weighted by Gasteiger charge is 2.11. The molecule has 0 spiro atoms. The van der Waals surface area contributed by atoms with E-state index in [1.165, 1.54) is 12.3 Å². The van der Waals surface area contributed by atoms with Crippen molar-refractivity contribution in [1.82, 2.24) is 9.88 Å². The monoisotopic (exact) mass is 302 g/mol. The molecule has 94 valence electrons. The molecule has 17 heavy (non-hydrogen) atoms. The van der Waals surface area contributed by atoms with Crippen LogP contribution in [0.15, 0.2) is 16.9 Å². The first-order valence-electron chi connectivity index (χ1n) is 5.25. The number of hydrogen-bond acceptors (Lipinski definition) is 2. The number of aromatic carboxylic acids is 1. The van der Waals surface area contributed by atoms with Crippen LogP contribution in [0.2, 0.25) is 0 Å². The molecule has 2 N–H and O–H groups in total. The third-order valence-electron chi connectivity index (χ3n) is 2.11. The molecular weight excluding hydrogens is 288 g/mol. The van der Waals surface area contributed by atoms with Gasteiger partial charge in [-0.2, -0.15) is 0 Å². The summed E-state index contributed by atoms with van der Waals surface area (Å²) in [6.45, 7) is 4.74. The topological polar surface area (TPSA) is 71.3 Å². The number of amides is 1. The zero-order valence-electron chi connectivity index (χ0n) is 9.74. The van der Waals surface area contributed by atoms with E-state index in [1.54, 1.807) is 4.57 Å². The average Bonchev–Trinajstić information content (AvgIpc) is 2.58. The van der Waals surface area contributed by atoms with Gasteiger partial charge >= 0.3 is 5.97 Å². The number of halogens is 1. The quantitative estimate of drug-likeness (QED) is 0.870. The minimum Gasteiger partial charge on any atom is -0.478 e. The van der Waals surface area contributed by atoms with Crippen molar-refractivity contribution in [3.05, 3.63) is 22.4 Å². The number of carbonyl (C=O) groups is 2. The van der Waals surface area contributed by atoms with Gasteiger partial charge in [-0.25, -0.2) is 4.79 Å². The molecule has 0 aromatic carbocycles. The first kappa shape index (κ1) is 13.8. The Morgan fingerprint density at radius 2 is 2.18 bits per heavy atom. The van der Waals surface area contributed by atoms with Gasteiger partial charge in [-0.15, -0.1) is 0 Å². The maximum Gasteiger partial charge on any atom is 0.337 e. The summed E-state index contributed by atoms with van der Waals surface area (Å²) in [6.07, 6.45) is 1.43. The number of rotatable bonds is 5. The minimum absolute atomic E-state index is 0.112. The van der Waals surface area contributed by atoms with E-state index < -0.39 is 5.97 Å². The van der Waals surface area contributed by atoms with Crippen molar-refractivity contribution >= 4 is 27.8 Å². The van der Waals surface area contributed by atoms with E-state index in [0.29, 0.717) is 17.1 Å². The fourth-order valence-electron chi connectivity index (χ4n) is 1.24. The van der Waals surface area contributed by atoms with Crippen molar-refractivity contribution in [2.75, 3.05) is 6.54 Å². The van der Waals surface area contributed by atoms with Crippen LogP contribution < -0.4 is 5.32 Å². The van der Waals surface area contributed by atoms with Gasteiger partial charge in [0.05, 0.1) is 10.2 Å². The lowest BCUT2D eigenvalue weighted by Crippen LogP contribution is -2.30. The lowest BCUT2D eigenvalue weighted by molar-refractivity contribution is -0.121. The number of nitrogens with zero attached hydrogens (tertiary/aromatic N) is 1. The van der Waals surface area contributed by atoms with Crippen LogP contribution in [0.3, 0.4) is 0 Å². The van der Waals surface area contributed by atoms with Crippen LogP contribution in [0.25, 0.3) is 0 Å². The van der Waals surface area contributed by atoms with Crippen LogP contribution in [0.1, 0.15) is 24.2 Å². The van der Waals surface area contributed by atoms with Gasteiger partial charge in [0.25, 0.3) is 0 Å². The van der Waals surface area contributed by atoms with Crippen LogP contribution in [0, 0.1) is 5.92 Å². The first-order valence-corrected chi connectivity index (χ1v) is 6.05. The highest BCUT2D eigenvalue weighted by Crippen LogP contribution is 2.15. The van der Waals surface area contributed by atoms with Crippen molar-refractivity contribution in [2.45, 2.75) is 20.4 Å². The van der Waals surface area contributed by atoms with Gasteiger partial charge < -0.3 is 15.0 Å². The van der Waals surface area contributed by atoms with E-state index in [0.717, 1.165) is 0 Å². The molecule has 0 radical (unpaired) electrons. The molecule has 1 rings (SSSR count). The van der Waals surface area contributed by atoms with Crippen LogP contribution in [-0.2, 0) is 11.3 Å². The Morgan fingerprint density at radius 3 is 2.65 bits per heavy atom. The Labute approximate surface area is 108 Å². The van der Waals surface area contributed by atoms with Crippen LogP contribution >= 0.6 is 15.9 Å². The summed E-state index contributed by atoms with van der Waals surface area (Å²) in [7, 11) is 0. The molecule has 0 unspecified atom stereocenters. The summed E-state index contributed by atoms with van der Waals surface area (Å²) in [4.78, 5) is 22.3. The maximum atomic E-state index is 11.5. The Balaban J connectivity index is 2.62. The van der Waals surface area contributed by atoms with Gasteiger partial charge in [-0.3, -0.25) is 4.79 Å². The Kier molecular flexibility index (Phi) is 4.74. The lowest BCUT2D eigenvalue weighted by Gasteiger charge is -2.08. The number of carboxylic acid groups (broad SMARTS) is 1. The highest BCUT2D eigenvalue weighted by atomic mass is 79.9. The van der Waals surface area contributed by atoms with Gasteiger partial charge in [0.2, 0.25) is 5.91 Å². The number of nitrogens with one attached hydrogen (secondary N) is 1. The van der Waals surface area contributed by atoms with Crippen LogP contribution in [0.5, 0.6) is 0 Å². The maximum absolute atomic E-state index is 11.5. The Morgan fingerprint density at radius 1 is 1.53 bits per heavy atom. The first-order chi connectivity index (χ1) is 7.90. The SMILES string of the molecule is CC(C)CNC(=O)Cn1cc(C(=O)O)cc1Br. The summed E-state index contributed by atoms with van der Waals surface area (Å²) in [5.41, 5.74) is 0.161. The second-order valence-corrected chi connectivity index (χ2v) is 4.99. The fraction of sp³-hybridized carbons (Fsp3) is 0.455. The third-order valence-corrected chi connectivity index (χ3v) is 2.80. The van der Waals surface area contributed by atoms with Crippen molar-refractivity contribution in [2.24, 2.45) is 5.92 Å². The van der Waals surface area contributed by atoms with Crippen molar-refractivity contribution in [1.29, 1.82) is 0 Å². The summed E-state index contributed by atoms with van der Waals surface area (Å²) in [5.74, 6) is -0.749. The zero-order chi connectivity index (χ0) is 13.0. The van der Waals surface area contributed by atoms with E-state index in [1.807, 2.05) is 13.8 Å². The lowest BCUT2D eigenvalue weighted by atomic mass is 10.2. The molecule has 0 aliphatic carbocycles. The molecule has 0 bridgehead atoms. The highest BCUT2D eigenvalue weighted by molar-refractivity contribution is 9.10. The number of carbonyl (C=O) groups excluding carboxylic acids is 1. The summed E-state index contributed by atoms with van der Waals surface area (Å²) >= 11 is 3.21. The van der Waals surface area contributed by atoms with Gasteiger partial charge in [0, 0.05) is 12.7 Å². The number of hydrogen-bond donors (Lipinski definition) is 2. The Hall–Kier alpha value is -1.30. The van der Waals surface area contributed by atoms with E-state index >= 15 is 0 Å². The van der Waals surface area contributed by atoms with Crippen molar-refractivity contribution in [3.8, 4) is 0 Å². The molecule has 0 saturated heterocycles. The third kappa shape index (κ3) is 4.22. The van der Waals surface area contributed by atoms with Crippen molar-refractivity contribution < 1.29 is 14.7 Å². The number of aromatic nitrogens is 1. The predicted molar refractivity (Wildman–Crippen MR) is 66.9 cm³/mol. The molecule has 6 heteroatoms. The van der Waals surface area contributed by atoms with Crippen LogP contribution in [-0.4, -0.2) is 28.1 Å². The molecule has 0 saturated carbocycles. The molecule has 0 aliphatic heterocycles. The van der Waals surface area contributed by atoms with Gasteiger partial charge in [-0.05, 0) is 27.9 Å². The van der Waals surface area contributed by atoms with Gasteiger partial charge in [0.15, 0.2) is 0 Å². The summed E-state index contributed by atoms with van der Waals surface area (Å²) in [5, 5.41) is 11.6. The molecule has 0 fully saturated rings. The summed E-state index contributed by atoms with van der Waals surface area (Å²) < 4.78 is 2.13. The molecule has 1 amide bonds. The van der Waals surface area contributed by atoms with Crippen molar-refractivity contribution in [3.63, 3.8) is 0 Å². The predicted octanol–water partition coefficient (Wildman–Crippen LogP) is 1.72. The zero-order valence-corrected chi connectivity index (χ0v) is 11.3. The Bertz CT molecular complexity index is 426. The summed E-state index contributed by atoms with van der Waals surface area (Å²) in [6, 6.07) is 1.47. The standard InChI is InChI=1S/C11H15BrN2O3/c1-7(2)4-13-10(15)6-14-5-8(11(16)17)3-9(14)12/h3,5,7H,4,6H2,1-2H3,(H,13,15)(H,16,17). The average molecular weight is 303 g/mol. The van der Waals surface area contributed by atoms with E-state index in [4.69, 9.17) is 5.11 Å². The largest absolute Gasteiger partial charge is 0.478 e.